The molecule has 0 aliphatic carbocycles. The third kappa shape index (κ3) is 3.38. The van der Waals surface area contributed by atoms with E-state index >= 15 is 0 Å². The molecule has 0 aliphatic heterocycles. The number of alkyl halides is 3. The van der Waals surface area contributed by atoms with Crippen molar-refractivity contribution in [1.82, 2.24) is 4.98 Å². The Labute approximate surface area is 113 Å². The molecule has 1 aromatic carbocycles. The lowest BCUT2D eigenvalue weighted by molar-refractivity contribution is -0.137. The van der Waals surface area contributed by atoms with E-state index in [0.717, 1.165) is 12.1 Å². The number of benzene rings is 1. The Bertz CT molecular complexity index is 597. The van der Waals surface area contributed by atoms with Crippen LogP contribution in [0.5, 0.6) is 0 Å². The molecule has 0 atom stereocenters. The van der Waals surface area contributed by atoms with Crippen molar-refractivity contribution in [2.75, 3.05) is 5.32 Å². The second-order valence-corrected chi connectivity index (χ2v) is 4.41. The Balaban J connectivity index is 2.34. The fraction of sp³-hybridized carbons (Fsp3) is 0.154. The van der Waals surface area contributed by atoms with Gasteiger partial charge in [0.05, 0.1) is 5.56 Å². The molecule has 2 rings (SSSR count). The molecule has 100 valence electrons. The molecular weight excluding hydrogens is 277 g/mol. The maximum atomic E-state index is 12.6. The van der Waals surface area contributed by atoms with Gasteiger partial charge in [0.15, 0.2) is 0 Å². The molecule has 6 heteroatoms. The highest BCUT2D eigenvalue weighted by Gasteiger charge is 2.30. The third-order valence-corrected chi connectivity index (χ3v) is 2.78. The van der Waals surface area contributed by atoms with E-state index in [1.165, 1.54) is 12.3 Å². The van der Waals surface area contributed by atoms with Gasteiger partial charge < -0.3 is 5.32 Å². The summed E-state index contributed by atoms with van der Waals surface area (Å²) in [4.78, 5) is 3.81. The van der Waals surface area contributed by atoms with Crippen molar-refractivity contribution < 1.29 is 13.2 Å². The van der Waals surface area contributed by atoms with E-state index in [2.05, 4.69) is 10.3 Å². The number of aryl methyl sites for hydroxylation is 1. The topological polar surface area (TPSA) is 24.9 Å². The minimum absolute atomic E-state index is 0.273. The maximum absolute atomic E-state index is 12.6. The number of hydrogen-bond donors (Lipinski definition) is 1. The third-order valence-electron chi connectivity index (χ3n) is 2.57. The molecule has 2 nitrogen and oxygen atoms in total. The second-order valence-electron chi connectivity index (χ2n) is 4.02. The van der Waals surface area contributed by atoms with Crippen LogP contribution in [-0.4, -0.2) is 4.98 Å². The highest BCUT2D eigenvalue weighted by molar-refractivity contribution is 6.29. The maximum Gasteiger partial charge on any atom is 0.416 e. The molecule has 0 saturated carbocycles. The zero-order chi connectivity index (χ0) is 14.0. The van der Waals surface area contributed by atoms with E-state index in [4.69, 9.17) is 11.6 Å². The van der Waals surface area contributed by atoms with E-state index in [1.54, 1.807) is 19.1 Å². The molecule has 0 fully saturated rings. The summed E-state index contributed by atoms with van der Waals surface area (Å²) in [6.07, 6.45) is -2.88. The van der Waals surface area contributed by atoms with Crippen molar-refractivity contribution in [3.05, 3.63) is 52.8 Å². The molecule has 0 radical (unpaired) electrons. The van der Waals surface area contributed by atoms with Gasteiger partial charge in [0.25, 0.3) is 0 Å². The van der Waals surface area contributed by atoms with Crippen LogP contribution in [0.4, 0.5) is 24.5 Å². The van der Waals surface area contributed by atoms with Gasteiger partial charge in [-0.05, 0) is 36.8 Å². The van der Waals surface area contributed by atoms with Gasteiger partial charge in [-0.3, -0.25) is 0 Å². The summed E-state index contributed by atoms with van der Waals surface area (Å²) in [7, 11) is 0. The van der Waals surface area contributed by atoms with Gasteiger partial charge in [0.2, 0.25) is 0 Å². The Morgan fingerprint density at radius 3 is 2.53 bits per heavy atom. The molecule has 1 aromatic heterocycles. The van der Waals surface area contributed by atoms with E-state index in [9.17, 15) is 13.2 Å². The lowest BCUT2D eigenvalue weighted by atomic mass is 10.1. The number of rotatable bonds is 2. The van der Waals surface area contributed by atoms with Crippen LogP contribution < -0.4 is 5.32 Å². The number of pyridine rings is 1. The van der Waals surface area contributed by atoms with Crippen LogP contribution in [0.25, 0.3) is 0 Å². The molecule has 0 bridgehead atoms. The highest BCUT2D eigenvalue weighted by Crippen LogP contribution is 2.33. The van der Waals surface area contributed by atoms with Crippen LogP contribution in [-0.2, 0) is 6.18 Å². The fourth-order valence-electron chi connectivity index (χ4n) is 1.57. The number of nitrogens with zero attached hydrogens (tertiary/aromatic N) is 1. The van der Waals surface area contributed by atoms with Crippen molar-refractivity contribution in [3.63, 3.8) is 0 Å². The fourth-order valence-corrected chi connectivity index (χ4v) is 1.74. The van der Waals surface area contributed by atoms with Gasteiger partial charge in [-0.2, -0.15) is 13.2 Å². The molecule has 0 spiro atoms. The van der Waals surface area contributed by atoms with Crippen molar-refractivity contribution >= 4 is 23.0 Å². The first-order valence-electron chi connectivity index (χ1n) is 5.43. The number of nitrogens with one attached hydrogen (secondary N) is 1. The van der Waals surface area contributed by atoms with E-state index in [1.807, 2.05) is 0 Å². The first-order valence-corrected chi connectivity index (χ1v) is 5.80. The summed E-state index contributed by atoms with van der Waals surface area (Å²) >= 11 is 5.72. The Hall–Kier alpha value is -1.75. The van der Waals surface area contributed by atoms with Crippen molar-refractivity contribution in [2.24, 2.45) is 0 Å². The number of hydrogen-bond acceptors (Lipinski definition) is 2. The standard InChI is InChI=1S/C13H10ClF3N2/c1-8-2-3-9(13(15,16)17)6-11(8)19-10-4-5-18-12(14)7-10/h2-7H,1H3,(H,18,19). The van der Waals surface area contributed by atoms with Crippen LogP contribution in [0.1, 0.15) is 11.1 Å². The Morgan fingerprint density at radius 2 is 1.89 bits per heavy atom. The van der Waals surface area contributed by atoms with Gasteiger partial charge in [-0.1, -0.05) is 17.7 Å². The zero-order valence-corrected chi connectivity index (χ0v) is 10.7. The summed E-state index contributed by atoms with van der Waals surface area (Å²) in [6, 6.07) is 6.73. The molecule has 19 heavy (non-hydrogen) atoms. The summed E-state index contributed by atoms with van der Waals surface area (Å²) < 4.78 is 37.9. The van der Waals surface area contributed by atoms with Crippen molar-refractivity contribution in [3.8, 4) is 0 Å². The molecule has 2 aromatic rings. The van der Waals surface area contributed by atoms with Crippen LogP contribution in [0.2, 0.25) is 5.15 Å². The minimum Gasteiger partial charge on any atom is -0.355 e. The monoisotopic (exact) mass is 286 g/mol. The minimum atomic E-state index is -4.36. The number of halogens is 4. The molecule has 0 unspecified atom stereocenters. The predicted octanol–water partition coefficient (Wildman–Crippen LogP) is 4.81. The largest absolute Gasteiger partial charge is 0.416 e. The number of aromatic nitrogens is 1. The van der Waals surface area contributed by atoms with E-state index in [0.29, 0.717) is 16.9 Å². The van der Waals surface area contributed by atoms with E-state index in [-0.39, 0.29) is 5.15 Å². The molecule has 1 N–H and O–H groups in total. The second kappa shape index (κ2) is 5.09. The lowest BCUT2D eigenvalue weighted by Gasteiger charge is -2.13. The van der Waals surface area contributed by atoms with Gasteiger partial charge in [0.1, 0.15) is 5.15 Å². The van der Waals surface area contributed by atoms with Crippen LogP contribution in [0.15, 0.2) is 36.5 Å². The highest BCUT2D eigenvalue weighted by atomic mass is 35.5. The zero-order valence-electron chi connectivity index (χ0n) is 9.92. The molecule has 0 saturated heterocycles. The van der Waals surface area contributed by atoms with Crippen LogP contribution in [0, 0.1) is 6.92 Å². The van der Waals surface area contributed by atoms with Gasteiger partial charge in [-0.25, -0.2) is 4.98 Å². The van der Waals surface area contributed by atoms with E-state index < -0.39 is 11.7 Å². The molecular formula is C13H10ClF3N2. The SMILES string of the molecule is Cc1ccc(C(F)(F)F)cc1Nc1ccnc(Cl)c1. The van der Waals surface area contributed by atoms with Gasteiger partial charge in [0, 0.05) is 17.6 Å². The predicted molar refractivity (Wildman–Crippen MR) is 68.7 cm³/mol. The van der Waals surface area contributed by atoms with Gasteiger partial charge >= 0.3 is 6.18 Å². The molecule has 0 amide bonds. The lowest BCUT2D eigenvalue weighted by Crippen LogP contribution is -2.06. The smallest absolute Gasteiger partial charge is 0.355 e. The summed E-state index contributed by atoms with van der Waals surface area (Å²) in [6.45, 7) is 1.73. The Morgan fingerprint density at radius 1 is 1.16 bits per heavy atom. The average Bonchev–Trinajstić information content (AvgIpc) is 2.30. The summed E-state index contributed by atoms with van der Waals surface area (Å²) in [5, 5.41) is 3.17. The summed E-state index contributed by atoms with van der Waals surface area (Å²) in [5.41, 5.74) is 0.987. The Kier molecular flexibility index (Phi) is 3.66. The average molecular weight is 287 g/mol. The van der Waals surface area contributed by atoms with Crippen molar-refractivity contribution in [1.29, 1.82) is 0 Å². The van der Waals surface area contributed by atoms with Gasteiger partial charge in [-0.15, -0.1) is 0 Å². The molecule has 1 heterocycles. The first kappa shape index (κ1) is 13.7. The van der Waals surface area contributed by atoms with Crippen LogP contribution >= 0.6 is 11.6 Å². The first-order chi connectivity index (χ1) is 8.86. The van der Waals surface area contributed by atoms with Crippen LogP contribution in [0.3, 0.4) is 0 Å². The van der Waals surface area contributed by atoms with Crippen molar-refractivity contribution in [2.45, 2.75) is 13.1 Å². The quantitative estimate of drug-likeness (QED) is 0.802. The number of anilines is 2. The normalized spacial score (nSPS) is 11.4. The molecule has 0 aliphatic rings. The summed E-state index contributed by atoms with van der Waals surface area (Å²) in [5.74, 6) is 0.